The van der Waals surface area contributed by atoms with Crippen LogP contribution in [0.2, 0.25) is 5.02 Å². The number of hydrogen-bond donors (Lipinski definition) is 0. The Morgan fingerprint density at radius 3 is 2.34 bits per heavy atom. The summed E-state index contributed by atoms with van der Waals surface area (Å²) in [4.78, 5) is 27.4. The van der Waals surface area contributed by atoms with Crippen LogP contribution in [0.15, 0.2) is 65.6 Å². The Balaban J connectivity index is 1.91. The highest BCUT2D eigenvalue weighted by Gasteiger charge is 2.32. The topological polar surface area (TPSA) is 101 Å². The molecular formula is C24H26ClN3O5S2. The second-order valence-electron chi connectivity index (χ2n) is 8.26. The van der Waals surface area contributed by atoms with Gasteiger partial charge in [0.25, 0.3) is 5.69 Å². The van der Waals surface area contributed by atoms with Crippen LogP contribution in [0.5, 0.6) is 0 Å². The van der Waals surface area contributed by atoms with Gasteiger partial charge in [0.15, 0.2) is 0 Å². The Morgan fingerprint density at radius 1 is 1.09 bits per heavy atom. The van der Waals surface area contributed by atoms with Crippen molar-refractivity contribution in [3.8, 4) is 0 Å². The Bertz CT molecular complexity index is 1310. The Kier molecular flexibility index (Phi) is 8.65. The van der Waals surface area contributed by atoms with Crippen LogP contribution in [0.4, 0.5) is 5.69 Å². The number of nitro groups is 1. The summed E-state index contributed by atoms with van der Waals surface area (Å²) in [5, 5.41) is 11.1. The van der Waals surface area contributed by atoms with Crippen LogP contribution in [0.3, 0.4) is 0 Å². The summed E-state index contributed by atoms with van der Waals surface area (Å²) < 4.78 is 27.9. The summed E-state index contributed by atoms with van der Waals surface area (Å²) in [6.07, 6.45) is 0. The predicted molar refractivity (Wildman–Crippen MR) is 137 cm³/mol. The maximum Gasteiger partial charge on any atom is 0.289 e. The Labute approximate surface area is 214 Å². The summed E-state index contributed by atoms with van der Waals surface area (Å²) >= 11 is 7.43. The van der Waals surface area contributed by atoms with E-state index in [1.54, 1.807) is 30.1 Å². The third-order valence-corrected chi connectivity index (χ3v) is 8.62. The van der Waals surface area contributed by atoms with E-state index in [1.165, 1.54) is 12.1 Å². The molecule has 1 aromatic heterocycles. The van der Waals surface area contributed by atoms with Crippen molar-refractivity contribution < 1.29 is 18.1 Å². The first-order chi connectivity index (χ1) is 16.5. The van der Waals surface area contributed by atoms with E-state index >= 15 is 0 Å². The smallest absolute Gasteiger partial charge is 0.289 e. The number of carbonyl (C=O) groups is 1. The van der Waals surface area contributed by atoms with Gasteiger partial charge in [0.1, 0.15) is 5.02 Å². The minimum absolute atomic E-state index is 0.165. The lowest BCUT2D eigenvalue weighted by Crippen LogP contribution is -2.45. The van der Waals surface area contributed by atoms with Crippen molar-refractivity contribution in [3.05, 3.63) is 91.1 Å². The van der Waals surface area contributed by atoms with Gasteiger partial charge in [-0.3, -0.25) is 14.9 Å². The lowest BCUT2D eigenvalue weighted by molar-refractivity contribution is -0.384. The van der Waals surface area contributed by atoms with Gasteiger partial charge < -0.3 is 4.90 Å². The first kappa shape index (κ1) is 26.8. The fourth-order valence-corrected chi connectivity index (χ4v) is 6.20. The van der Waals surface area contributed by atoms with Gasteiger partial charge in [0.05, 0.1) is 22.9 Å². The zero-order valence-electron chi connectivity index (χ0n) is 19.5. The molecule has 0 aliphatic carbocycles. The SMILES string of the molecule is Cc1ccc(CN(Cc2ccccc2)C(=O)CN(C(C)C)S(=O)(=O)c2ccc(Cl)c([N+](=O)[O-])c2)s1. The molecule has 1 heterocycles. The molecule has 0 N–H and O–H groups in total. The summed E-state index contributed by atoms with van der Waals surface area (Å²) in [6.45, 7) is 5.53. The van der Waals surface area contributed by atoms with Crippen molar-refractivity contribution in [2.45, 2.75) is 44.8 Å². The standard InChI is InChI=1S/C24H26ClN3O5S2/c1-17(2)27(35(32,33)21-11-12-22(25)23(13-21)28(30)31)16-24(29)26(14-19-7-5-4-6-8-19)15-20-10-9-18(3)34-20/h4-13,17H,14-16H2,1-3H3. The van der Waals surface area contributed by atoms with Gasteiger partial charge in [-0.1, -0.05) is 41.9 Å². The number of carbonyl (C=O) groups excluding carboxylic acids is 1. The molecule has 0 radical (unpaired) electrons. The van der Waals surface area contributed by atoms with Gasteiger partial charge in [-0.15, -0.1) is 11.3 Å². The molecule has 8 nitrogen and oxygen atoms in total. The maximum absolute atomic E-state index is 13.5. The van der Waals surface area contributed by atoms with Gasteiger partial charge in [-0.05, 0) is 50.6 Å². The summed E-state index contributed by atoms with van der Waals surface area (Å²) in [5.74, 6) is -0.374. The van der Waals surface area contributed by atoms with Crippen LogP contribution in [0.25, 0.3) is 0 Å². The molecule has 3 rings (SSSR count). The first-order valence-corrected chi connectivity index (χ1v) is 13.4. The molecule has 0 aliphatic heterocycles. The quantitative estimate of drug-likeness (QED) is 0.261. The summed E-state index contributed by atoms with van der Waals surface area (Å²) in [7, 11) is -4.22. The van der Waals surface area contributed by atoms with E-state index in [4.69, 9.17) is 11.6 Å². The van der Waals surface area contributed by atoms with Crippen LogP contribution in [-0.2, 0) is 27.9 Å². The average Bonchev–Trinajstić information content (AvgIpc) is 3.21. The highest BCUT2D eigenvalue weighted by Crippen LogP contribution is 2.29. The van der Waals surface area contributed by atoms with E-state index in [-0.39, 0.29) is 15.8 Å². The van der Waals surface area contributed by atoms with Crippen molar-refractivity contribution in [2.75, 3.05) is 6.54 Å². The number of sulfonamides is 1. The van der Waals surface area contributed by atoms with Gasteiger partial charge in [-0.25, -0.2) is 8.42 Å². The molecule has 186 valence electrons. The van der Waals surface area contributed by atoms with E-state index in [1.807, 2.05) is 49.4 Å². The summed E-state index contributed by atoms with van der Waals surface area (Å²) in [6, 6.07) is 16.1. The largest absolute Gasteiger partial charge is 0.332 e. The van der Waals surface area contributed by atoms with E-state index < -0.39 is 33.2 Å². The second-order valence-corrected chi connectivity index (χ2v) is 11.9. The van der Waals surface area contributed by atoms with Crippen molar-refractivity contribution in [1.82, 2.24) is 9.21 Å². The molecule has 0 atom stereocenters. The minimum atomic E-state index is -4.22. The number of rotatable bonds is 10. The summed E-state index contributed by atoms with van der Waals surface area (Å²) in [5.41, 5.74) is 0.406. The first-order valence-electron chi connectivity index (χ1n) is 10.8. The molecule has 0 spiro atoms. The fraction of sp³-hybridized carbons (Fsp3) is 0.292. The van der Waals surface area contributed by atoms with Crippen molar-refractivity contribution in [1.29, 1.82) is 0 Å². The Hall–Kier alpha value is -2.79. The molecule has 0 bridgehead atoms. The third kappa shape index (κ3) is 6.66. The number of nitro benzene ring substituents is 1. The minimum Gasteiger partial charge on any atom is -0.332 e. The Morgan fingerprint density at radius 2 is 1.77 bits per heavy atom. The number of hydrogen-bond acceptors (Lipinski definition) is 6. The molecule has 2 aromatic carbocycles. The molecule has 3 aromatic rings. The number of amides is 1. The number of aryl methyl sites for hydroxylation is 1. The molecule has 0 aliphatic rings. The van der Waals surface area contributed by atoms with Crippen molar-refractivity contribution in [2.24, 2.45) is 0 Å². The van der Waals surface area contributed by atoms with E-state index in [2.05, 4.69) is 0 Å². The number of benzene rings is 2. The van der Waals surface area contributed by atoms with Gasteiger partial charge in [0, 0.05) is 28.4 Å². The van der Waals surface area contributed by atoms with E-state index in [0.717, 1.165) is 25.7 Å². The van der Waals surface area contributed by atoms with Crippen LogP contribution < -0.4 is 0 Å². The number of nitrogens with zero attached hydrogens (tertiary/aromatic N) is 3. The van der Waals surface area contributed by atoms with Gasteiger partial charge in [0.2, 0.25) is 15.9 Å². The van der Waals surface area contributed by atoms with Gasteiger partial charge in [-0.2, -0.15) is 4.31 Å². The molecular weight excluding hydrogens is 510 g/mol. The third-order valence-electron chi connectivity index (χ3n) is 5.30. The highest BCUT2D eigenvalue weighted by atomic mass is 35.5. The molecule has 0 unspecified atom stereocenters. The van der Waals surface area contributed by atoms with Crippen LogP contribution in [-0.4, -0.2) is 41.0 Å². The molecule has 11 heteroatoms. The molecule has 35 heavy (non-hydrogen) atoms. The van der Waals surface area contributed by atoms with E-state index in [9.17, 15) is 23.3 Å². The monoisotopic (exact) mass is 535 g/mol. The zero-order valence-corrected chi connectivity index (χ0v) is 21.9. The maximum atomic E-state index is 13.5. The number of thiophene rings is 1. The lowest BCUT2D eigenvalue weighted by Gasteiger charge is -2.29. The molecule has 0 saturated heterocycles. The average molecular weight is 536 g/mol. The van der Waals surface area contributed by atoms with Crippen molar-refractivity contribution >= 4 is 44.6 Å². The predicted octanol–water partition coefficient (Wildman–Crippen LogP) is 5.25. The van der Waals surface area contributed by atoms with Crippen LogP contribution >= 0.6 is 22.9 Å². The normalized spacial score (nSPS) is 11.7. The highest BCUT2D eigenvalue weighted by molar-refractivity contribution is 7.89. The molecule has 1 amide bonds. The lowest BCUT2D eigenvalue weighted by atomic mass is 10.2. The van der Waals surface area contributed by atoms with Gasteiger partial charge >= 0.3 is 0 Å². The van der Waals surface area contributed by atoms with Crippen LogP contribution in [0.1, 0.15) is 29.2 Å². The van der Waals surface area contributed by atoms with Crippen LogP contribution in [0, 0.1) is 17.0 Å². The fourth-order valence-electron chi connectivity index (χ4n) is 3.50. The number of halogens is 1. The van der Waals surface area contributed by atoms with Crippen molar-refractivity contribution in [3.63, 3.8) is 0 Å². The second kappa shape index (κ2) is 11.3. The molecule has 0 fully saturated rings. The molecule has 0 saturated carbocycles. The van der Waals surface area contributed by atoms with E-state index in [0.29, 0.717) is 13.1 Å². The zero-order chi connectivity index (χ0) is 25.8.